The quantitative estimate of drug-likeness (QED) is 0.546. The van der Waals surface area contributed by atoms with Crippen LogP contribution in [-0.4, -0.2) is 42.0 Å². The van der Waals surface area contributed by atoms with Gasteiger partial charge in [0.1, 0.15) is 0 Å². The third-order valence-electron chi connectivity index (χ3n) is 2.38. The van der Waals surface area contributed by atoms with Gasteiger partial charge in [0.25, 0.3) is 12.3 Å². The Balaban J connectivity index is 3.04. The number of rotatable bonds is 6. The molecule has 0 aromatic heterocycles. The Kier molecular flexibility index (Phi) is 5.94. The van der Waals surface area contributed by atoms with Crippen LogP contribution in [0.1, 0.15) is 10.4 Å². The van der Waals surface area contributed by atoms with Crippen LogP contribution >= 0.6 is 11.6 Å². The van der Waals surface area contributed by atoms with Gasteiger partial charge in [0.05, 0.1) is 24.4 Å². The lowest BCUT2D eigenvalue weighted by molar-refractivity contribution is 0.0510. The Hall–Kier alpha value is -1.44. The fraction of sp³-hybridized carbons (Fsp3) is 0.364. The van der Waals surface area contributed by atoms with Gasteiger partial charge in [-0.3, -0.25) is 10.6 Å². The van der Waals surface area contributed by atoms with Crippen molar-refractivity contribution in [1.29, 1.82) is 0 Å². The standard InChI is InChI=1S/C11H14ClF2N3O2/c12-7-1-2-9(16-15)8(5-7)11(19)17(3-4-18)6-10(13)14/h1-2,5,10,16,18H,3-4,6,15H2. The number of amides is 1. The minimum absolute atomic E-state index is 0.0732. The Labute approximate surface area is 113 Å². The lowest BCUT2D eigenvalue weighted by Crippen LogP contribution is -2.37. The second-order valence-electron chi connectivity index (χ2n) is 3.70. The monoisotopic (exact) mass is 293 g/mol. The summed E-state index contributed by atoms with van der Waals surface area (Å²) >= 11 is 5.77. The van der Waals surface area contributed by atoms with Gasteiger partial charge in [-0.25, -0.2) is 8.78 Å². The van der Waals surface area contributed by atoms with Crippen molar-refractivity contribution in [2.75, 3.05) is 25.1 Å². The summed E-state index contributed by atoms with van der Waals surface area (Å²) in [6.07, 6.45) is -2.69. The predicted octanol–water partition coefficient (Wildman–Crippen LogP) is 1.33. The Morgan fingerprint density at radius 1 is 1.53 bits per heavy atom. The fourth-order valence-electron chi connectivity index (χ4n) is 1.55. The van der Waals surface area contributed by atoms with Gasteiger partial charge in [-0.15, -0.1) is 0 Å². The van der Waals surface area contributed by atoms with Gasteiger partial charge in [-0.05, 0) is 18.2 Å². The SMILES string of the molecule is NNc1ccc(Cl)cc1C(=O)N(CCO)CC(F)F. The fourth-order valence-corrected chi connectivity index (χ4v) is 1.72. The van der Waals surface area contributed by atoms with Crippen molar-refractivity contribution in [3.63, 3.8) is 0 Å². The number of benzene rings is 1. The van der Waals surface area contributed by atoms with Gasteiger partial charge in [0.2, 0.25) is 0 Å². The molecule has 5 nitrogen and oxygen atoms in total. The van der Waals surface area contributed by atoms with E-state index in [0.29, 0.717) is 0 Å². The van der Waals surface area contributed by atoms with E-state index >= 15 is 0 Å². The molecule has 0 fully saturated rings. The van der Waals surface area contributed by atoms with Gasteiger partial charge in [-0.2, -0.15) is 0 Å². The number of hydrazine groups is 1. The highest BCUT2D eigenvalue weighted by Crippen LogP contribution is 2.21. The number of aliphatic hydroxyl groups excluding tert-OH is 1. The number of carbonyl (C=O) groups is 1. The zero-order valence-corrected chi connectivity index (χ0v) is 10.7. The van der Waals surface area contributed by atoms with Crippen LogP contribution in [0.5, 0.6) is 0 Å². The minimum Gasteiger partial charge on any atom is -0.395 e. The lowest BCUT2D eigenvalue weighted by Gasteiger charge is -2.22. The number of aliphatic hydroxyl groups is 1. The molecule has 0 radical (unpaired) electrons. The van der Waals surface area contributed by atoms with E-state index in [0.717, 1.165) is 4.90 Å². The molecule has 0 unspecified atom stereocenters. The molecule has 4 N–H and O–H groups in total. The van der Waals surface area contributed by atoms with Crippen molar-refractivity contribution in [3.05, 3.63) is 28.8 Å². The summed E-state index contributed by atoms with van der Waals surface area (Å²) in [5.74, 6) is 4.58. The van der Waals surface area contributed by atoms with E-state index < -0.39 is 25.5 Å². The number of alkyl halides is 2. The van der Waals surface area contributed by atoms with Crippen LogP contribution in [0.4, 0.5) is 14.5 Å². The van der Waals surface area contributed by atoms with E-state index in [9.17, 15) is 13.6 Å². The van der Waals surface area contributed by atoms with E-state index in [4.69, 9.17) is 22.6 Å². The largest absolute Gasteiger partial charge is 0.395 e. The van der Waals surface area contributed by atoms with Crippen molar-refractivity contribution < 1.29 is 18.7 Å². The maximum atomic E-state index is 12.4. The maximum Gasteiger partial charge on any atom is 0.256 e. The van der Waals surface area contributed by atoms with E-state index in [-0.39, 0.29) is 22.8 Å². The summed E-state index contributed by atoms with van der Waals surface area (Å²) in [4.78, 5) is 13.0. The van der Waals surface area contributed by atoms with Crippen molar-refractivity contribution in [2.24, 2.45) is 5.84 Å². The van der Waals surface area contributed by atoms with E-state index in [2.05, 4.69) is 5.43 Å². The molecule has 1 amide bonds. The molecule has 0 aliphatic heterocycles. The molecule has 1 rings (SSSR count). The van der Waals surface area contributed by atoms with Gasteiger partial charge < -0.3 is 15.4 Å². The van der Waals surface area contributed by atoms with Crippen LogP contribution < -0.4 is 11.3 Å². The number of nitrogens with zero attached hydrogens (tertiary/aromatic N) is 1. The average Bonchev–Trinajstić information content (AvgIpc) is 2.37. The smallest absolute Gasteiger partial charge is 0.256 e. The topological polar surface area (TPSA) is 78.6 Å². The molecule has 0 heterocycles. The zero-order valence-electron chi connectivity index (χ0n) is 9.94. The molecule has 0 atom stereocenters. The van der Waals surface area contributed by atoms with Gasteiger partial charge >= 0.3 is 0 Å². The summed E-state index contributed by atoms with van der Waals surface area (Å²) in [7, 11) is 0. The first-order chi connectivity index (χ1) is 8.99. The molecule has 0 aliphatic rings. The Morgan fingerprint density at radius 2 is 2.21 bits per heavy atom. The first kappa shape index (κ1) is 15.6. The summed E-state index contributed by atoms with van der Waals surface area (Å²) < 4.78 is 24.8. The number of nitrogen functional groups attached to an aromatic ring is 1. The van der Waals surface area contributed by atoms with Crippen LogP contribution in [0.2, 0.25) is 5.02 Å². The van der Waals surface area contributed by atoms with Crippen LogP contribution in [0.3, 0.4) is 0 Å². The number of nitrogens with two attached hydrogens (primary N) is 1. The maximum absolute atomic E-state index is 12.4. The average molecular weight is 294 g/mol. The molecule has 1 aromatic rings. The summed E-state index contributed by atoms with van der Waals surface area (Å²) in [5, 5.41) is 9.10. The molecule has 1 aromatic carbocycles. The number of anilines is 1. The van der Waals surface area contributed by atoms with Crippen molar-refractivity contribution in [1.82, 2.24) is 4.90 Å². The van der Waals surface area contributed by atoms with Gasteiger partial charge in [0.15, 0.2) is 0 Å². The molecule has 8 heteroatoms. The molecule has 0 aliphatic carbocycles. The first-order valence-electron chi connectivity index (χ1n) is 5.44. The van der Waals surface area contributed by atoms with Crippen LogP contribution in [0.15, 0.2) is 18.2 Å². The molecule has 0 saturated heterocycles. The molecule has 0 spiro atoms. The third kappa shape index (κ3) is 4.30. The highest BCUT2D eigenvalue weighted by Gasteiger charge is 2.21. The third-order valence-corrected chi connectivity index (χ3v) is 2.62. The van der Waals surface area contributed by atoms with Crippen molar-refractivity contribution in [3.8, 4) is 0 Å². The first-order valence-corrected chi connectivity index (χ1v) is 5.81. The normalized spacial score (nSPS) is 10.6. The minimum atomic E-state index is -2.69. The number of halogens is 3. The Bertz CT molecular complexity index is 446. The number of nitrogens with one attached hydrogen (secondary N) is 1. The summed E-state index contributed by atoms with van der Waals surface area (Å²) in [6.45, 7) is -1.37. The number of carbonyl (C=O) groups excluding carboxylic acids is 1. The van der Waals surface area contributed by atoms with Gasteiger partial charge in [0, 0.05) is 11.6 Å². The highest BCUT2D eigenvalue weighted by molar-refractivity contribution is 6.31. The molecule has 0 bridgehead atoms. The van der Waals surface area contributed by atoms with Crippen molar-refractivity contribution in [2.45, 2.75) is 6.43 Å². The van der Waals surface area contributed by atoms with Crippen LogP contribution in [0, 0.1) is 0 Å². The molecular weight excluding hydrogens is 280 g/mol. The zero-order chi connectivity index (χ0) is 14.4. The van der Waals surface area contributed by atoms with E-state index in [1.807, 2.05) is 0 Å². The Morgan fingerprint density at radius 3 is 2.74 bits per heavy atom. The molecular formula is C11H14ClF2N3O2. The van der Waals surface area contributed by atoms with E-state index in [1.165, 1.54) is 18.2 Å². The van der Waals surface area contributed by atoms with Crippen LogP contribution in [0.25, 0.3) is 0 Å². The summed E-state index contributed by atoms with van der Waals surface area (Å²) in [5.41, 5.74) is 2.64. The molecule has 19 heavy (non-hydrogen) atoms. The highest BCUT2D eigenvalue weighted by atomic mass is 35.5. The second kappa shape index (κ2) is 7.22. The van der Waals surface area contributed by atoms with Crippen LogP contribution in [-0.2, 0) is 0 Å². The van der Waals surface area contributed by atoms with E-state index in [1.54, 1.807) is 0 Å². The lowest BCUT2D eigenvalue weighted by atomic mass is 10.1. The summed E-state index contributed by atoms with van der Waals surface area (Å²) in [6, 6.07) is 4.31. The van der Waals surface area contributed by atoms with Gasteiger partial charge in [-0.1, -0.05) is 11.6 Å². The molecule has 0 saturated carbocycles. The second-order valence-corrected chi connectivity index (χ2v) is 4.14. The predicted molar refractivity (Wildman–Crippen MR) is 68.3 cm³/mol. The van der Waals surface area contributed by atoms with Crippen molar-refractivity contribution >= 4 is 23.2 Å². The number of hydrogen-bond donors (Lipinski definition) is 3. The molecule has 106 valence electrons. The number of hydrogen-bond acceptors (Lipinski definition) is 4.